The lowest BCUT2D eigenvalue weighted by atomic mass is 10.0. The molecule has 4 rings (SSSR count). The molecule has 0 radical (unpaired) electrons. The molecule has 2 fully saturated rings. The molecule has 2 aliphatic rings. The van der Waals surface area contributed by atoms with Gasteiger partial charge in [-0.15, -0.1) is 0 Å². The van der Waals surface area contributed by atoms with Crippen LogP contribution >= 0.6 is 12.2 Å². The summed E-state index contributed by atoms with van der Waals surface area (Å²) in [4.78, 5) is 18.1. The molecule has 2 saturated heterocycles. The number of benzene rings is 2. The van der Waals surface area contributed by atoms with Crippen LogP contribution in [-0.2, 0) is 21.0 Å². The minimum atomic E-state index is -4.78. The van der Waals surface area contributed by atoms with Crippen molar-refractivity contribution in [2.24, 2.45) is 0 Å². The molecule has 0 atom stereocenters. The molecular formula is C26H25F3N6O3S2. The molecular weight excluding hydrogens is 565 g/mol. The monoisotopic (exact) mass is 590 g/mol. The van der Waals surface area contributed by atoms with Crippen molar-refractivity contribution in [3.8, 4) is 12.1 Å². The van der Waals surface area contributed by atoms with Crippen molar-refractivity contribution in [3.63, 3.8) is 0 Å². The number of amides is 1. The third-order valence-electron chi connectivity index (χ3n) is 7.10. The van der Waals surface area contributed by atoms with E-state index in [0.717, 1.165) is 17.0 Å². The number of thiocarbonyl (C=S) groups is 1. The van der Waals surface area contributed by atoms with E-state index in [4.69, 9.17) is 22.7 Å². The molecule has 2 aromatic carbocycles. The van der Waals surface area contributed by atoms with Crippen molar-refractivity contribution >= 4 is 38.9 Å². The highest BCUT2D eigenvalue weighted by Gasteiger charge is 2.50. The predicted molar refractivity (Wildman–Crippen MR) is 143 cm³/mol. The van der Waals surface area contributed by atoms with Crippen LogP contribution in [0.25, 0.3) is 0 Å². The highest BCUT2D eigenvalue weighted by Crippen LogP contribution is 2.37. The Morgan fingerprint density at radius 3 is 2.15 bits per heavy atom. The van der Waals surface area contributed by atoms with Crippen molar-refractivity contribution in [2.75, 3.05) is 44.2 Å². The number of carbonyl (C=O) groups excluding carboxylic acids is 1. The zero-order valence-corrected chi connectivity index (χ0v) is 23.3. The van der Waals surface area contributed by atoms with Crippen LogP contribution in [-0.4, -0.2) is 78.3 Å². The second-order valence-corrected chi connectivity index (χ2v) is 12.2. The fraction of sp³-hybridized carbons (Fsp3) is 0.385. The van der Waals surface area contributed by atoms with E-state index in [1.54, 1.807) is 18.7 Å². The Morgan fingerprint density at radius 2 is 1.60 bits per heavy atom. The summed E-state index contributed by atoms with van der Waals surface area (Å²) in [5.41, 5.74) is -2.54. The first-order valence-electron chi connectivity index (χ1n) is 12.2. The molecule has 0 saturated carbocycles. The molecule has 2 aliphatic heterocycles. The number of piperazine rings is 1. The zero-order valence-electron chi connectivity index (χ0n) is 21.6. The van der Waals surface area contributed by atoms with Gasteiger partial charge in [0.15, 0.2) is 5.11 Å². The molecule has 0 unspecified atom stereocenters. The van der Waals surface area contributed by atoms with Crippen LogP contribution in [0.2, 0.25) is 0 Å². The van der Waals surface area contributed by atoms with E-state index in [2.05, 4.69) is 0 Å². The highest BCUT2D eigenvalue weighted by atomic mass is 32.2. The molecule has 210 valence electrons. The number of nitriles is 2. The van der Waals surface area contributed by atoms with Crippen LogP contribution in [0.3, 0.4) is 0 Å². The summed E-state index contributed by atoms with van der Waals surface area (Å²) in [6.07, 6.45) is -4.78. The van der Waals surface area contributed by atoms with Crippen LogP contribution in [0.15, 0.2) is 47.4 Å². The summed E-state index contributed by atoms with van der Waals surface area (Å²) in [6, 6.07) is 12.3. The van der Waals surface area contributed by atoms with Gasteiger partial charge in [0.05, 0.1) is 39.4 Å². The quantitative estimate of drug-likeness (QED) is 0.472. The van der Waals surface area contributed by atoms with E-state index < -0.39 is 38.8 Å². The molecule has 0 bridgehead atoms. The SMILES string of the molecule is CC1(C)C(=O)N(c2ccc(C#N)c(C(F)(F)F)c2)C(=S)N1CCN1CCN(S(=O)(=O)c2ccc(C#N)cc2)CC1. The molecule has 9 nitrogen and oxygen atoms in total. The second kappa shape index (κ2) is 10.8. The smallest absolute Gasteiger partial charge is 0.333 e. The number of nitrogens with zero attached hydrogens (tertiary/aromatic N) is 6. The van der Waals surface area contributed by atoms with Crippen LogP contribution < -0.4 is 4.90 Å². The normalized spacial score (nSPS) is 18.6. The van der Waals surface area contributed by atoms with Crippen molar-refractivity contribution in [1.82, 2.24) is 14.1 Å². The maximum Gasteiger partial charge on any atom is 0.417 e. The van der Waals surface area contributed by atoms with Gasteiger partial charge < -0.3 is 4.90 Å². The van der Waals surface area contributed by atoms with Gasteiger partial charge in [0.2, 0.25) is 10.0 Å². The van der Waals surface area contributed by atoms with Gasteiger partial charge >= 0.3 is 6.18 Å². The summed E-state index contributed by atoms with van der Waals surface area (Å²) < 4.78 is 67.9. The molecule has 0 aromatic heterocycles. The summed E-state index contributed by atoms with van der Waals surface area (Å²) in [5, 5.41) is 18.1. The standard InChI is InChI=1S/C26H25F3N6O3S2/c1-25(2)23(36)35(20-6-5-19(17-31)22(15-20)26(27,28)29)24(39)34(25)14-11-32-9-12-33(13-10-32)40(37,38)21-7-3-18(16-30)4-8-21/h3-8,15H,9-14H2,1-2H3. The second-order valence-electron chi connectivity index (χ2n) is 9.86. The third-order valence-corrected chi connectivity index (χ3v) is 9.42. The minimum Gasteiger partial charge on any atom is -0.333 e. The number of alkyl halides is 3. The lowest BCUT2D eigenvalue weighted by Gasteiger charge is -2.36. The largest absolute Gasteiger partial charge is 0.417 e. The molecule has 0 spiro atoms. The van der Waals surface area contributed by atoms with Crippen LogP contribution in [0.1, 0.15) is 30.5 Å². The number of rotatable bonds is 6. The fourth-order valence-electron chi connectivity index (χ4n) is 4.73. The van der Waals surface area contributed by atoms with Gasteiger partial charge in [-0.3, -0.25) is 14.6 Å². The first-order chi connectivity index (χ1) is 18.7. The van der Waals surface area contributed by atoms with E-state index >= 15 is 0 Å². The summed E-state index contributed by atoms with van der Waals surface area (Å²) in [6.45, 7) is 5.35. The first kappa shape index (κ1) is 29.4. The molecule has 14 heteroatoms. The van der Waals surface area contributed by atoms with Crippen molar-refractivity contribution < 1.29 is 26.4 Å². The number of sulfonamides is 1. The van der Waals surface area contributed by atoms with Gasteiger partial charge in [-0.25, -0.2) is 8.42 Å². The van der Waals surface area contributed by atoms with Gasteiger partial charge in [-0.2, -0.15) is 28.0 Å². The van der Waals surface area contributed by atoms with Crippen LogP contribution in [0, 0.1) is 22.7 Å². The average molecular weight is 591 g/mol. The molecule has 0 N–H and O–H groups in total. The van der Waals surface area contributed by atoms with Crippen molar-refractivity contribution in [3.05, 3.63) is 59.2 Å². The number of halogens is 3. The Hall–Kier alpha value is -3.56. The Morgan fingerprint density at radius 1 is 0.975 bits per heavy atom. The average Bonchev–Trinajstić information content (AvgIpc) is 3.09. The molecule has 0 aliphatic carbocycles. The Labute approximate surface area is 235 Å². The highest BCUT2D eigenvalue weighted by molar-refractivity contribution is 7.89. The Balaban J connectivity index is 1.43. The zero-order chi connectivity index (χ0) is 29.5. The summed E-state index contributed by atoms with van der Waals surface area (Å²) in [5.74, 6) is -0.492. The fourth-order valence-corrected chi connectivity index (χ4v) is 6.66. The number of hydrogen-bond acceptors (Lipinski definition) is 7. The van der Waals surface area contributed by atoms with Crippen molar-refractivity contribution in [1.29, 1.82) is 10.5 Å². The number of carbonyl (C=O) groups is 1. The van der Waals surface area contributed by atoms with E-state index in [9.17, 15) is 26.4 Å². The van der Waals surface area contributed by atoms with E-state index in [1.165, 1.54) is 40.7 Å². The first-order valence-corrected chi connectivity index (χ1v) is 14.1. The van der Waals surface area contributed by atoms with E-state index in [-0.39, 0.29) is 28.8 Å². The van der Waals surface area contributed by atoms with Gasteiger partial charge in [-0.05, 0) is 68.5 Å². The van der Waals surface area contributed by atoms with Gasteiger partial charge in [0.25, 0.3) is 5.91 Å². The molecule has 40 heavy (non-hydrogen) atoms. The van der Waals surface area contributed by atoms with Gasteiger partial charge in [0, 0.05) is 39.3 Å². The van der Waals surface area contributed by atoms with E-state index in [1.807, 2.05) is 11.0 Å². The number of hydrogen-bond donors (Lipinski definition) is 0. The molecule has 2 aromatic rings. The van der Waals surface area contributed by atoms with Crippen LogP contribution in [0.5, 0.6) is 0 Å². The lowest BCUT2D eigenvalue weighted by Crippen LogP contribution is -2.52. The Kier molecular flexibility index (Phi) is 7.93. The maximum absolute atomic E-state index is 13.5. The minimum absolute atomic E-state index is 0.0508. The van der Waals surface area contributed by atoms with Gasteiger partial charge in [0.1, 0.15) is 5.54 Å². The summed E-state index contributed by atoms with van der Waals surface area (Å²) >= 11 is 5.53. The lowest BCUT2D eigenvalue weighted by molar-refractivity contribution is -0.137. The molecule has 1 amide bonds. The van der Waals surface area contributed by atoms with E-state index in [0.29, 0.717) is 31.7 Å². The van der Waals surface area contributed by atoms with Crippen molar-refractivity contribution in [2.45, 2.75) is 30.5 Å². The third kappa shape index (κ3) is 5.40. The van der Waals surface area contributed by atoms with Gasteiger partial charge in [-0.1, -0.05) is 0 Å². The number of anilines is 1. The Bertz CT molecular complexity index is 1520. The molecule has 2 heterocycles. The van der Waals surface area contributed by atoms with Crippen LogP contribution in [0.4, 0.5) is 18.9 Å². The summed E-state index contributed by atoms with van der Waals surface area (Å²) in [7, 11) is -3.72. The predicted octanol–water partition coefficient (Wildman–Crippen LogP) is 3.17. The topological polar surface area (TPSA) is 112 Å². The maximum atomic E-state index is 13.5.